The molecule has 1 fully saturated rings. The summed E-state index contributed by atoms with van der Waals surface area (Å²) < 4.78 is 1.78. The fourth-order valence-electron chi connectivity index (χ4n) is 2.65. The number of benzene rings is 1. The molecule has 106 valence electrons. The highest BCUT2D eigenvalue weighted by molar-refractivity contribution is 5.33. The van der Waals surface area contributed by atoms with E-state index in [9.17, 15) is 0 Å². The molecule has 1 aromatic carbocycles. The molecule has 1 N–H and O–H groups in total. The first-order chi connectivity index (χ1) is 9.72. The molecule has 0 spiro atoms. The summed E-state index contributed by atoms with van der Waals surface area (Å²) in [5.41, 5.74) is 2.39. The molecule has 2 heterocycles. The summed E-state index contributed by atoms with van der Waals surface area (Å²) in [6.07, 6.45) is 3.27. The molecule has 0 saturated carbocycles. The van der Waals surface area contributed by atoms with Crippen LogP contribution in [0.2, 0.25) is 0 Å². The maximum Gasteiger partial charge on any atom is 0.138 e. The number of aromatic nitrogens is 3. The van der Waals surface area contributed by atoms with Crippen LogP contribution in [0, 0.1) is 0 Å². The lowest BCUT2D eigenvalue weighted by atomic mass is 10.1. The number of nitrogens with one attached hydrogen (secondary N) is 1. The van der Waals surface area contributed by atoms with E-state index in [1.165, 1.54) is 5.56 Å². The monoisotopic (exact) mass is 271 g/mol. The average Bonchev–Trinajstić information content (AvgIpc) is 2.98. The van der Waals surface area contributed by atoms with Crippen molar-refractivity contribution in [3.05, 3.63) is 42.5 Å². The van der Waals surface area contributed by atoms with Crippen molar-refractivity contribution in [2.24, 2.45) is 0 Å². The van der Waals surface area contributed by atoms with E-state index in [-0.39, 0.29) is 0 Å². The van der Waals surface area contributed by atoms with E-state index in [1.807, 2.05) is 0 Å². The first kappa shape index (κ1) is 13.3. The molecule has 1 saturated heterocycles. The van der Waals surface area contributed by atoms with Gasteiger partial charge < -0.3 is 5.32 Å². The first-order valence-electron chi connectivity index (χ1n) is 7.14. The van der Waals surface area contributed by atoms with Gasteiger partial charge in [-0.2, -0.15) is 5.10 Å². The minimum absolute atomic E-state index is 0.570. The Morgan fingerprint density at radius 1 is 1.25 bits per heavy atom. The topological polar surface area (TPSA) is 46.0 Å². The van der Waals surface area contributed by atoms with Crippen LogP contribution < -0.4 is 5.32 Å². The third-order valence-corrected chi connectivity index (χ3v) is 3.90. The lowest BCUT2D eigenvalue weighted by molar-refractivity contribution is 0.139. The van der Waals surface area contributed by atoms with Gasteiger partial charge in [-0.25, -0.2) is 9.67 Å². The Morgan fingerprint density at radius 3 is 2.75 bits per heavy atom. The Hall–Kier alpha value is -1.72. The molecule has 0 bridgehead atoms. The number of rotatable bonds is 3. The van der Waals surface area contributed by atoms with E-state index in [1.54, 1.807) is 17.3 Å². The third kappa shape index (κ3) is 2.89. The van der Waals surface area contributed by atoms with Crippen LogP contribution in [0.3, 0.4) is 0 Å². The van der Waals surface area contributed by atoms with Gasteiger partial charge in [-0.05, 0) is 31.5 Å². The van der Waals surface area contributed by atoms with E-state index in [0.717, 1.165) is 25.3 Å². The van der Waals surface area contributed by atoms with Crippen LogP contribution in [0.1, 0.15) is 19.4 Å². The fourth-order valence-corrected chi connectivity index (χ4v) is 2.65. The van der Waals surface area contributed by atoms with Crippen LogP contribution >= 0.6 is 0 Å². The van der Waals surface area contributed by atoms with E-state index in [0.29, 0.717) is 12.1 Å². The van der Waals surface area contributed by atoms with E-state index >= 15 is 0 Å². The molecule has 1 aliphatic rings. The predicted molar refractivity (Wildman–Crippen MR) is 78.7 cm³/mol. The van der Waals surface area contributed by atoms with Crippen LogP contribution in [0.15, 0.2) is 36.9 Å². The summed E-state index contributed by atoms with van der Waals surface area (Å²) in [7, 11) is 0. The Morgan fingerprint density at radius 2 is 2.05 bits per heavy atom. The lowest BCUT2D eigenvalue weighted by Gasteiger charge is -2.37. The van der Waals surface area contributed by atoms with Crippen LogP contribution in [0.5, 0.6) is 0 Å². The normalized spacial score (nSPS) is 23.9. The molecule has 2 unspecified atom stereocenters. The van der Waals surface area contributed by atoms with Gasteiger partial charge in [0.1, 0.15) is 12.7 Å². The molecule has 5 nitrogen and oxygen atoms in total. The Labute approximate surface area is 119 Å². The maximum atomic E-state index is 4.14. The zero-order valence-corrected chi connectivity index (χ0v) is 12.0. The van der Waals surface area contributed by atoms with Crippen molar-refractivity contribution in [1.29, 1.82) is 0 Å². The Kier molecular flexibility index (Phi) is 3.80. The first-order valence-corrected chi connectivity index (χ1v) is 7.14. The van der Waals surface area contributed by atoms with Crippen molar-refractivity contribution in [2.75, 3.05) is 13.1 Å². The van der Waals surface area contributed by atoms with Crippen molar-refractivity contribution in [3.8, 4) is 5.69 Å². The number of hydrogen-bond donors (Lipinski definition) is 1. The molecule has 0 amide bonds. The predicted octanol–water partition coefficient (Wildman–Crippen LogP) is 1.45. The molecule has 3 rings (SSSR count). The number of piperazine rings is 1. The maximum absolute atomic E-state index is 4.14. The van der Waals surface area contributed by atoms with Crippen LogP contribution in [-0.4, -0.2) is 44.8 Å². The van der Waals surface area contributed by atoms with Crippen molar-refractivity contribution < 1.29 is 0 Å². The highest BCUT2D eigenvalue weighted by Crippen LogP contribution is 2.14. The number of hydrogen-bond acceptors (Lipinski definition) is 4. The molecule has 5 heteroatoms. The fraction of sp³-hybridized carbons (Fsp3) is 0.467. The van der Waals surface area contributed by atoms with Gasteiger partial charge in [0.25, 0.3) is 0 Å². The highest BCUT2D eigenvalue weighted by Gasteiger charge is 2.21. The molecular weight excluding hydrogens is 250 g/mol. The van der Waals surface area contributed by atoms with Gasteiger partial charge in [0.2, 0.25) is 0 Å². The molecule has 2 aromatic rings. The molecule has 1 aliphatic heterocycles. The van der Waals surface area contributed by atoms with Gasteiger partial charge in [0, 0.05) is 31.7 Å². The summed E-state index contributed by atoms with van der Waals surface area (Å²) in [5.74, 6) is 0. The molecular formula is C15H21N5. The smallest absolute Gasteiger partial charge is 0.138 e. The molecule has 0 radical (unpaired) electrons. The summed E-state index contributed by atoms with van der Waals surface area (Å²) in [4.78, 5) is 6.50. The van der Waals surface area contributed by atoms with Gasteiger partial charge in [-0.3, -0.25) is 4.90 Å². The van der Waals surface area contributed by atoms with Crippen LogP contribution in [0.25, 0.3) is 5.69 Å². The van der Waals surface area contributed by atoms with Gasteiger partial charge in [-0.1, -0.05) is 12.1 Å². The van der Waals surface area contributed by atoms with E-state index < -0.39 is 0 Å². The largest absolute Gasteiger partial charge is 0.311 e. The second kappa shape index (κ2) is 5.73. The highest BCUT2D eigenvalue weighted by atomic mass is 15.3. The Bertz CT molecular complexity index is 534. The van der Waals surface area contributed by atoms with Gasteiger partial charge >= 0.3 is 0 Å². The van der Waals surface area contributed by atoms with Crippen LogP contribution in [-0.2, 0) is 6.54 Å². The quantitative estimate of drug-likeness (QED) is 0.918. The SMILES string of the molecule is CC1CN(Cc2ccc(-n3cncn3)cc2)C(C)CN1. The summed E-state index contributed by atoms with van der Waals surface area (Å²) in [6, 6.07) is 9.70. The minimum atomic E-state index is 0.570. The van der Waals surface area contributed by atoms with E-state index in [4.69, 9.17) is 0 Å². The summed E-state index contributed by atoms with van der Waals surface area (Å²) >= 11 is 0. The lowest BCUT2D eigenvalue weighted by Crippen LogP contribution is -2.53. The molecule has 0 aliphatic carbocycles. The van der Waals surface area contributed by atoms with Gasteiger partial charge in [-0.15, -0.1) is 0 Å². The van der Waals surface area contributed by atoms with Gasteiger partial charge in [0.05, 0.1) is 5.69 Å². The number of nitrogens with zero attached hydrogens (tertiary/aromatic N) is 4. The Balaban J connectivity index is 1.69. The molecule has 1 aromatic heterocycles. The van der Waals surface area contributed by atoms with Crippen molar-refractivity contribution in [1.82, 2.24) is 25.0 Å². The second-order valence-electron chi connectivity index (χ2n) is 5.59. The zero-order valence-electron chi connectivity index (χ0n) is 12.0. The van der Waals surface area contributed by atoms with Crippen molar-refractivity contribution >= 4 is 0 Å². The standard InChI is InChI=1S/C15H21N5/c1-12-8-19(13(2)7-17-12)9-14-3-5-15(6-4-14)20-11-16-10-18-20/h3-6,10-13,17H,7-9H2,1-2H3. The summed E-state index contributed by atoms with van der Waals surface area (Å²) in [6.45, 7) is 7.70. The minimum Gasteiger partial charge on any atom is -0.311 e. The van der Waals surface area contributed by atoms with E-state index in [2.05, 4.69) is 58.4 Å². The molecule has 2 atom stereocenters. The second-order valence-corrected chi connectivity index (χ2v) is 5.59. The zero-order chi connectivity index (χ0) is 13.9. The molecule has 20 heavy (non-hydrogen) atoms. The third-order valence-electron chi connectivity index (χ3n) is 3.90. The average molecular weight is 271 g/mol. The van der Waals surface area contributed by atoms with Crippen LogP contribution in [0.4, 0.5) is 0 Å². The summed E-state index contributed by atoms with van der Waals surface area (Å²) in [5, 5.41) is 7.66. The van der Waals surface area contributed by atoms with Gasteiger partial charge in [0.15, 0.2) is 0 Å². The van der Waals surface area contributed by atoms with Crippen molar-refractivity contribution in [3.63, 3.8) is 0 Å². The van der Waals surface area contributed by atoms with Crippen molar-refractivity contribution in [2.45, 2.75) is 32.5 Å².